The van der Waals surface area contributed by atoms with Gasteiger partial charge in [0.15, 0.2) is 0 Å². The van der Waals surface area contributed by atoms with Crippen LogP contribution in [0.4, 0.5) is 5.95 Å². The molecule has 23 heavy (non-hydrogen) atoms. The Kier molecular flexibility index (Phi) is 4.62. The van der Waals surface area contributed by atoms with Gasteiger partial charge in [-0.05, 0) is 24.1 Å². The van der Waals surface area contributed by atoms with Crippen molar-refractivity contribution in [3.8, 4) is 5.69 Å². The molecule has 1 aromatic heterocycles. The number of hydrogen-bond acceptors (Lipinski definition) is 4. The molecule has 2 aromatic rings. The van der Waals surface area contributed by atoms with E-state index in [4.69, 9.17) is 5.11 Å². The van der Waals surface area contributed by atoms with Crippen LogP contribution in [0.5, 0.6) is 0 Å². The van der Waals surface area contributed by atoms with Crippen LogP contribution >= 0.6 is 0 Å². The summed E-state index contributed by atoms with van der Waals surface area (Å²) >= 11 is 0. The summed E-state index contributed by atoms with van der Waals surface area (Å²) in [5.41, 5.74) is 2.42. The fraction of sp³-hybridized carbons (Fsp3) is 0.412. The molecule has 6 heteroatoms. The van der Waals surface area contributed by atoms with Crippen LogP contribution in [0.3, 0.4) is 0 Å². The minimum absolute atomic E-state index is 0.112. The van der Waals surface area contributed by atoms with Gasteiger partial charge in [-0.2, -0.15) is 0 Å². The molecule has 0 spiro atoms. The second-order valence-corrected chi connectivity index (χ2v) is 5.77. The quantitative estimate of drug-likeness (QED) is 0.909. The molecule has 3 rings (SSSR count). The highest BCUT2D eigenvalue weighted by molar-refractivity contribution is 5.69. The molecular formula is C17H22N4O2. The minimum atomic E-state index is -0.768. The number of hydrogen-bond donors (Lipinski definition) is 1. The maximum atomic E-state index is 10.8. The Bertz CT molecular complexity index is 657. The standard InChI is InChI=1S/C17H22N4O2/c1-2-14-3-5-15(6-4-14)21-8-7-18-17(21)20-11-9-19(10-12-20)13-16(22)23/h3-8H,2,9-13H2,1H3,(H,22,23). The summed E-state index contributed by atoms with van der Waals surface area (Å²) in [6.45, 7) is 5.32. The van der Waals surface area contributed by atoms with E-state index in [1.165, 1.54) is 5.56 Å². The number of anilines is 1. The summed E-state index contributed by atoms with van der Waals surface area (Å²) in [6, 6.07) is 8.52. The fourth-order valence-corrected chi connectivity index (χ4v) is 2.92. The van der Waals surface area contributed by atoms with E-state index in [2.05, 4.69) is 45.6 Å². The van der Waals surface area contributed by atoms with Crippen LogP contribution in [-0.4, -0.2) is 58.3 Å². The monoisotopic (exact) mass is 314 g/mol. The Labute approximate surface area is 136 Å². The average molecular weight is 314 g/mol. The van der Waals surface area contributed by atoms with E-state index in [1.54, 1.807) is 0 Å². The van der Waals surface area contributed by atoms with Crippen molar-refractivity contribution < 1.29 is 9.90 Å². The Hall–Kier alpha value is -2.34. The molecule has 0 radical (unpaired) electrons. The zero-order valence-electron chi connectivity index (χ0n) is 13.4. The topological polar surface area (TPSA) is 61.6 Å². The summed E-state index contributed by atoms with van der Waals surface area (Å²) in [4.78, 5) is 19.5. The van der Waals surface area contributed by atoms with Crippen LogP contribution in [0.2, 0.25) is 0 Å². The summed E-state index contributed by atoms with van der Waals surface area (Å²) in [5.74, 6) is 0.153. The number of rotatable bonds is 5. The van der Waals surface area contributed by atoms with Gasteiger partial charge in [0.25, 0.3) is 0 Å². The summed E-state index contributed by atoms with van der Waals surface area (Å²) in [5, 5.41) is 8.88. The molecule has 6 nitrogen and oxygen atoms in total. The van der Waals surface area contributed by atoms with Crippen molar-refractivity contribution in [2.24, 2.45) is 0 Å². The third kappa shape index (κ3) is 3.53. The molecule has 0 atom stereocenters. The second-order valence-electron chi connectivity index (χ2n) is 5.77. The third-order valence-corrected chi connectivity index (χ3v) is 4.26. The Balaban J connectivity index is 1.72. The summed E-state index contributed by atoms with van der Waals surface area (Å²) < 4.78 is 2.09. The second kappa shape index (κ2) is 6.83. The number of nitrogens with zero attached hydrogens (tertiary/aromatic N) is 4. The van der Waals surface area contributed by atoms with E-state index in [9.17, 15) is 4.79 Å². The van der Waals surface area contributed by atoms with Gasteiger partial charge >= 0.3 is 5.97 Å². The van der Waals surface area contributed by atoms with E-state index in [0.717, 1.165) is 44.2 Å². The molecule has 2 heterocycles. The van der Waals surface area contributed by atoms with Crippen molar-refractivity contribution in [2.75, 3.05) is 37.6 Å². The average Bonchev–Trinajstić information content (AvgIpc) is 3.05. The molecular weight excluding hydrogens is 292 g/mol. The highest BCUT2D eigenvalue weighted by Crippen LogP contribution is 2.20. The lowest BCUT2D eigenvalue weighted by Crippen LogP contribution is -2.48. The van der Waals surface area contributed by atoms with E-state index >= 15 is 0 Å². The van der Waals surface area contributed by atoms with Crippen molar-refractivity contribution in [2.45, 2.75) is 13.3 Å². The number of carboxylic acid groups (broad SMARTS) is 1. The highest BCUT2D eigenvalue weighted by atomic mass is 16.4. The van der Waals surface area contributed by atoms with E-state index < -0.39 is 5.97 Å². The van der Waals surface area contributed by atoms with Gasteiger partial charge in [0.05, 0.1) is 6.54 Å². The molecule has 0 aliphatic carbocycles. The predicted molar refractivity (Wildman–Crippen MR) is 89.2 cm³/mol. The number of aromatic nitrogens is 2. The molecule has 0 saturated carbocycles. The van der Waals surface area contributed by atoms with Crippen LogP contribution in [0.15, 0.2) is 36.7 Å². The first-order valence-electron chi connectivity index (χ1n) is 7.99. The van der Waals surface area contributed by atoms with Crippen LogP contribution < -0.4 is 4.90 Å². The number of carbonyl (C=O) groups is 1. The Morgan fingerprint density at radius 2 is 1.87 bits per heavy atom. The van der Waals surface area contributed by atoms with Gasteiger partial charge in [0.1, 0.15) is 0 Å². The van der Waals surface area contributed by atoms with Gasteiger partial charge in [0, 0.05) is 44.3 Å². The maximum Gasteiger partial charge on any atom is 0.317 e. The molecule has 1 N–H and O–H groups in total. The molecule has 122 valence electrons. The Morgan fingerprint density at radius 3 is 2.48 bits per heavy atom. The number of carboxylic acids is 1. The number of piperazine rings is 1. The van der Waals surface area contributed by atoms with Crippen molar-refractivity contribution in [1.29, 1.82) is 0 Å². The number of aliphatic carboxylic acids is 1. The lowest BCUT2D eigenvalue weighted by atomic mass is 10.1. The summed E-state index contributed by atoms with van der Waals surface area (Å²) in [7, 11) is 0. The van der Waals surface area contributed by atoms with Crippen LogP contribution in [-0.2, 0) is 11.2 Å². The van der Waals surface area contributed by atoms with Gasteiger partial charge < -0.3 is 10.0 Å². The summed E-state index contributed by atoms with van der Waals surface area (Å²) in [6.07, 6.45) is 4.81. The fourth-order valence-electron chi connectivity index (χ4n) is 2.92. The van der Waals surface area contributed by atoms with Gasteiger partial charge in [0.2, 0.25) is 5.95 Å². The number of imidazole rings is 1. The van der Waals surface area contributed by atoms with Gasteiger partial charge in [-0.3, -0.25) is 14.3 Å². The van der Waals surface area contributed by atoms with Crippen LogP contribution in [0.1, 0.15) is 12.5 Å². The minimum Gasteiger partial charge on any atom is -0.480 e. The van der Waals surface area contributed by atoms with E-state index in [0.29, 0.717) is 0 Å². The SMILES string of the molecule is CCc1ccc(-n2ccnc2N2CCN(CC(=O)O)CC2)cc1. The van der Waals surface area contributed by atoms with Crippen LogP contribution in [0.25, 0.3) is 5.69 Å². The van der Waals surface area contributed by atoms with E-state index in [1.807, 2.05) is 17.3 Å². The van der Waals surface area contributed by atoms with Gasteiger partial charge in [-0.25, -0.2) is 4.98 Å². The zero-order chi connectivity index (χ0) is 16.2. The van der Waals surface area contributed by atoms with Crippen LogP contribution in [0, 0.1) is 0 Å². The van der Waals surface area contributed by atoms with Gasteiger partial charge in [-0.15, -0.1) is 0 Å². The number of aryl methyl sites for hydroxylation is 1. The maximum absolute atomic E-state index is 10.8. The van der Waals surface area contributed by atoms with Crippen molar-refractivity contribution in [3.05, 3.63) is 42.2 Å². The largest absolute Gasteiger partial charge is 0.480 e. The third-order valence-electron chi connectivity index (χ3n) is 4.26. The molecule has 0 amide bonds. The molecule has 1 aromatic carbocycles. The smallest absolute Gasteiger partial charge is 0.317 e. The highest BCUT2D eigenvalue weighted by Gasteiger charge is 2.21. The molecule has 0 unspecified atom stereocenters. The molecule has 0 bridgehead atoms. The predicted octanol–water partition coefficient (Wildman–Crippen LogP) is 1.64. The lowest BCUT2D eigenvalue weighted by molar-refractivity contribution is -0.138. The first-order valence-corrected chi connectivity index (χ1v) is 7.99. The van der Waals surface area contributed by atoms with E-state index in [-0.39, 0.29) is 6.54 Å². The first kappa shape index (κ1) is 15.6. The van der Waals surface area contributed by atoms with Crippen molar-refractivity contribution in [3.63, 3.8) is 0 Å². The number of benzene rings is 1. The molecule has 1 aliphatic heterocycles. The van der Waals surface area contributed by atoms with Crippen molar-refractivity contribution >= 4 is 11.9 Å². The Morgan fingerprint density at radius 1 is 1.17 bits per heavy atom. The van der Waals surface area contributed by atoms with Crippen molar-refractivity contribution in [1.82, 2.24) is 14.5 Å². The zero-order valence-corrected chi connectivity index (χ0v) is 13.4. The molecule has 1 aliphatic rings. The lowest BCUT2D eigenvalue weighted by Gasteiger charge is -2.34. The van der Waals surface area contributed by atoms with Gasteiger partial charge in [-0.1, -0.05) is 19.1 Å². The first-order chi connectivity index (χ1) is 11.2. The normalized spacial score (nSPS) is 15.8. The molecule has 1 saturated heterocycles. The molecule has 1 fully saturated rings.